The van der Waals surface area contributed by atoms with Crippen LogP contribution in [0.2, 0.25) is 10.0 Å². The summed E-state index contributed by atoms with van der Waals surface area (Å²) in [5, 5.41) is 11.6. The molecule has 0 spiro atoms. The molecule has 1 atom stereocenters. The molecular formula is C16H16Cl2O2. The number of rotatable bonds is 4. The normalized spacial score (nSPS) is 13.8. The predicted octanol–water partition coefficient (Wildman–Crippen LogP) is 4.45. The predicted molar refractivity (Wildman–Crippen MR) is 82.7 cm³/mol. The van der Waals surface area contributed by atoms with Crippen molar-refractivity contribution < 1.29 is 9.84 Å². The maximum atomic E-state index is 10.6. The van der Waals surface area contributed by atoms with Crippen LogP contribution in [0.25, 0.3) is 0 Å². The summed E-state index contributed by atoms with van der Waals surface area (Å²) in [6.07, 6.45) is 0.481. The zero-order valence-corrected chi connectivity index (χ0v) is 12.9. The highest BCUT2D eigenvalue weighted by molar-refractivity contribution is 6.42. The number of methoxy groups -OCH3 is 1. The van der Waals surface area contributed by atoms with Gasteiger partial charge in [-0.25, -0.2) is 0 Å². The summed E-state index contributed by atoms with van der Waals surface area (Å²) >= 11 is 11.9. The third-order valence-electron chi connectivity index (χ3n) is 3.25. The molecule has 1 N–H and O–H groups in total. The highest BCUT2D eigenvalue weighted by Gasteiger charge is 2.24. The second kappa shape index (κ2) is 6.04. The Morgan fingerprint density at radius 3 is 2.25 bits per heavy atom. The van der Waals surface area contributed by atoms with Gasteiger partial charge >= 0.3 is 0 Å². The van der Waals surface area contributed by atoms with Gasteiger partial charge in [0.25, 0.3) is 0 Å². The summed E-state index contributed by atoms with van der Waals surface area (Å²) < 4.78 is 5.12. The maximum Gasteiger partial charge on any atom is 0.118 e. The Morgan fingerprint density at radius 2 is 1.70 bits per heavy atom. The Hall–Kier alpha value is -1.22. The van der Waals surface area contributed by atoms with Gasteiger partial charge in [-0.1, -0.05) is 41.4 Å². The fraction of sp³-hybridized carbons (Fsp3) is 0.250. The Balaban J connectivity index is 2.22. The summed E-state index contributed by atoms with van der Waals surface area (Å²) in [6.45, 7) is 1.76. The maximum absolute atomic E-state index is 10.6. The molecular weight excluding hydrogens is 295 g/mol. The first kappa shape index (κ1) is 15.2. The Labute approximate surface area is 128 Å². The van der Waals surface area contributed by atoms with Gasteiger partial charge in [0.1, 0.15) is 5.75 Å². The molecule has 0 aliphatic heterocycles. The SMILES string of the molecule is COc1ccc(CC(C)(O)c2ccc(Cl)c(Cl)c2)cc1. The minimum atomic E-state index is -1.01. The number of hydrogen-bond acceptors (Lipinski definition) is 2. The average molecular weight is 311 g/mol. The van der Waals surface area contributed by atoms with Crippen LogP contribution in [0.1, 0.15) is 18.1 Å². The second-order valence-electron chi connectivity index (χ2n) is 4.93. The molecule has 20 heavy (non-hydrogen) atoms. The number of hydrogen-bond donors (Lipinski definition) is 1. The standard InChI is InChI=1S/C16H16Cl2O2/c1-16(19,12-5-8-14(17)15(18)9-12)10-11-3-6-13(20-2)7-4-11/h3-9,19H,10H2,1-2H3. The van der Waals surface area contributed by atoms with Crippen molar-refractivity contribution in [3.63, 3.8) is 0 Å². The molecule has 2 aromatic rings. The summed E-state index contributed by atoms with van der Waals surface area (Å²) in [5.74, 6) is 0.794. The molecule has 4 heteroatoms. The summed E-state index contributed by atoms with van der Waals surface area (Å²) in [7, 11) is 1.63. The van der Waals surface area contributed by atoms with Gasteiger partial charge in [-0.15, -0.1) is 0 Å². The highest BCUT2D eigenvalue weighted by atomic mass is 35.5. The molecule has 0 saturated carbocycles. The summed E-state index contributed by atoms with van der Waals surface area (Å²) in [5.41, 5.74) is 0.743. The lowest BCUT2D eigenvalue weighted by atomic mass is 9.89. The summed E-state index contributed by atoms with van der Waals surface area (Å²) in [4.78, 5) is 0. The van der Waals surface area contributed by atoms with E-state index >= 15 is 0 Å². The van der Waals surface area contributed by atoms with Crippen LogP contribution < -0.4 is 4.74 Å². The molecule has 0 aromatic heterocycles. The van der Waals surface area contributed by atoms with Crippen LogP contribution in [0.4, 0.5) is 0 Å². The quantitative estimate of drug-likeness (QED) is 0.904. The van der Waals surface area contributed by atoms with E-state index in [-0.39, 0.29) is 0 Å². The molecule has 0 radical (unpaired) electrons. The molecule has 0 fully saturated rings. The van der Waals surface area contributed by atoms with E-state index in [2.05, 4.69) is 0 Å². The molecule has 2 nitrogen and oxygen atoms in total. The van der Waals surface area contributed by atoms with Crippen LogP contribution in [-0.4, -0.2) is 12.2 Å². The summed E-state index contributed by atoms with van der Waals surface area (Å²) in [6, 6.07) is 12.8. The van der Waals surface area contributed by atoms with Crippen molar-refractivity contribution in [3.8, 4) is 5.75 Å². The first-order valence-corrected chi connectivity index (χ1v) is 6.99. The van der Waals surface area contributed by atoms with Gasteiger partial charge in [-0.3, -0.25) is 0 Å². The number of ether oxygens (including phenoxy) is 1. The third kappa shape index (κ3) is 3.45. The van der Waals surface area contributed by atoms with Crippen molar-refractivity contribution in [2.75, 3.05) is 7.11 Å². The van der Waals surface area contributed by atoms with E-state index in [1.165, 1.54) is 0 Å². The molecule has 0 aliphatic carbocycles. The van der Waals surface area contributed by atoms with Gasteiger partial charge in [0.05, 0.1) is 22.8 Å². The van der Waals surface area contributed by atoms with Gasteiger partial charge in [0.15, 0.2) is 0 Å². The van der Waals surface area contributed by atoms with Gasteiger partial charge in [-0.05, 0) is 42.3 Å². The van der Waals surface area contributed by atoms with E-state index in [4.69, 9.17) is 27.9 Å². The molecule has 0 heterocycles. The lowest BCUT2D eigenvalue weighted by molar-refractivity contribution is 0.0576. The van der Waals surface area contributed by atoms with Crippen molar-refractivity contribution in [1.29, 1.82) is 0 Å². The Bertz CT molecular complexity index is 592. The van der Waals surface area contributed by atoms with E-state index in [1.54, 1.807) is 32.2 Å². The largest absolute Gasteiger partial charge is 0.497 e. The van der Waals surface area contributed by atoms with E-state index in [9.17, 15) is 5.11 Å². The third-order valence-corrected chi connectivity index (χ3v) is 3.99. The van der Waals surface area contributed by atoms with Crippen molar-refractivity contribution >= 4 is 23.2 Å². The van der Waals surface area contributed by atoms with Crippen molar-refractivity contribution in [3.05, 3.63) is 63.6 Å². The Kier molecular flexibility index (Phi) is 4.59. The van der Waals surface area contributed by atoms with E-state index < -0.39 is 5.60 Å². The van der Waals surface area contributed by atoms with Gasteiger partial charge in [0.2, 0.25) is 0 Å². The second-order valence-corrected chi connectivity index (χ2v) is 5.74. The van der Waals surface area contributed by atoms with E-state index in [1.807, 2.05) is 24.3 Å². The van der Waals surface area contributed by atoms with E-state index in [0.29, 0.717) is 16.5 Å². The average Bonchev–Trinajstić information content (AvgIpc) is 2.42. The fourth-order valence-electron chi connectivity index (χ4n) is 2.07. The number of halogens is 2. The first-order chi connectivity index (χ1) is 9.42. The monoisotopic (exact) mass is 310 g/mol. The molecule has 0 bridgehead atoms. The highest BCUT2D eigenvalue weighted by Crippen LogP contribution is 2.31. The topological polar surface area (TPSA) is 29.5 Å². The van der Waals surface area contributed by atoms with Gasteiger partial charge in [-0.2, -0.15) is 0 Å². The minimum Gasteiger partial charge on any atom is -0.497 e. The zero-order chi connectivity index (χ0) is 14.8. The van der Waals surface area contributed by atoms with E-state index in [0.717, 1.165) is 16.9 Å². The lowest BCUT2D eigenvalue weighted by Gasteiger charge is -2.24. The first-order valence-electron chi connectivity index (χ1n) is 6.23. The van der Waals surface area contributed by atoms with Gasteiger partial charge < -0.3 is 9.84 Å². The van der Waals surface area contributed by atoms with Crippen LogP contribution in [0.5, 0.6) is 5.75 Å². The molecule has 2 aromatic carbocycles. The van der Waals surface area contributed by atoms with Crippen LogP contribution in [-0.2, 0) is 12.0 Å². The molecule has 0 aliphatic rings. The van der Waals surface area contributed by atoms with Crippen LogP contribution in [0, 0.1) is 0 Å². The van der Waals surface area contributed by atoms with Crippen molar-refractivity contribution in [2.45, 2.75) is 18.9 Å². The van der Waals surface area contributed by atoms with Crippen molar-refractivity contribution in [2.24, 2.45) is 0 Å². The Morgan fingerprint density at radius 1 is 1.05 bits per heavy atom. The molecule has 2 rings (SSSR count). The number of aliphatic hydroxyl groups is 1. The molecule has 106 valence electrons. The lowest BCUT2D eigenvalue weighted by Crippen LogP contribution is -2.24. The smallest absolute Gasteiger partial charge is 0.118 e. The molecule has 0 amide bonds. The van der Waals surface area contributed by atoms with Gasteiger partial charge in [0, 0.05) is 6.42 Å². The minimum absolute atomic E-state index is 0.444. The molecule has 1 unspecified atom stereocenters. The molecule has 0 saturated heterocycles. The van der Waals surface area contributed by atoms with Crippen LogP contribution in [0.3, 0.4) is 0 Å². The fourth-order valence-corrected chi connectivity index (χ4v) is 2.37. The number of benzene rings is 2. The zero-order valence-electron chi connectivity index (χ0n) is 11.4. The van der Waals surface area contributed by atoms with Crippen LogP contribution >= 0.6 is 23.2 Å². The van der Waals surface area contributed by atoms with Crippen LogP contribution in [0.15, 0.2) is 42.5 Å². The van der Waals surface area contributed by atoms with Crippen molar-refractivity contribution in [1.82, 2.24) is 0 Å².